The van der Waals surface area contributed by atoms with Crippen LogP contribution in [0.15, 0.2) is 23.0 Å². The zero-order valence-electron chi connectivity index (χ0n) is 13.7. The number of nitrogen functional groups attached to an aromatic ring is 1. The first-order chi connectivity index (χ1) is 12.0. The molecule has 0 aliphatic rings. The highest BCUT2D eigenvalue weighted by Gasteiger charge is 2.21. The Morgan fingerprint density at radius 3 is 2.60 bits per heavy atom. The number of halogens is 1. The molecule has 1 heterocycles. The normalized spacial score (nSPS) is 10.1. The molecule has 25 heavy (non-hydrogen) atoms. The SMILES string of the molecule is CCCCCOc1ccc(Cl)cc1-c1c(C#N)c(N)[nH]c(=O)c1C#N. The van der Waals surface area contributed by atoms with Crippen LogP contribution in [-0.4, -0.2) is 11.6 Å². The first kappa shape index (κ1) is 18.4. The van der Waals surface area contributed by atoms with Gasteiger partial charge in [-0.3, -0.25) is 4.79 Å². The van der Waals surface area contributed by atoms with Gasteiger partial charge in [0.2, 0.25) is 0 Å². The monoisotopic (exact) mass is 356 g/mol. The molecular formula is C18H17ClN4O2. The number of nitrogens with two attached hydrogens (primary N) is 1. The first-order valence-corrected chi connectivity index (χ1v) is 8.19. The maximum absolute atomic E-state index is 12.1. The second kappa shape index (κ2) is 8.23. The first-order valence-electron chi connectivity index (χ1n) is 7.82. The van der Waals surface area contributed by atoms with Gasteiger partial charge in [-0.05, 0) is 24.6 Å². The molecule has 2 aromatic rings. The Morgan fingerprint density at radius 2 is 1.96 bits per heavy atom. The summed E-state index contributed by atoms with van der Waals surface area (Å²) in [7, 11) is 0. The van der Waals surface area contributed by atoms with Crippen LogP contribution in [0.5, 0.6) is 5.75 Å². The van der Waals surface area contributed by atoms with Crippen molar-refractivity contribution in [2.75, 3.05) is 12.3 Å². The van der Waals surface area contributed by atoms with Gasteiger partial charge in [0.25, 0.3) is 5.56 Å². The lowest BCUT2D eigenvalue weighted by molar-refractivity contribution is 0.307. The van der Waals surface area contributed by atoms with Crippen molar-refractivity contribution in [1.29, 1.82) is 10.5 Å². The molecule has 0 saturated carbocycles. The fourth-order valence-corrected chi connectivity index (χ4v) is 2.64. The molecule has 0 aliphatic heterocycles. The standard InChI is InChI=1S/C18H17ClN4O2/c1-2-3-4-7-25-15-6-5-11(19)8-12(15)16-13(9-20)17(22)23-18(24)14(16)10-21/h5-6,8H,2-4,7H2,1H3,(H3,22,23,24). The zero-order chi connectivity index (χ0) is 18.4. The molecule has 0 atom stereocenters. The molecule has 0 fully saturated rings. The molecule has 0 amide bonds. The van der Waals surface area contributed by atoms with E-state index < -0.39 is 5.56 Å². The average molecular weight is 357 g/mol. The molecule has 1 aromatic heterocycles. The summed E-state index contributed by atoms with van der Waals surface area (Å²) in [5.74, 6) is 0.344. The number of benzene rings is 1. The smallest absolute Gasteiger partial charge is 0.268 e. The van der Waals surface area contributed by atoms with Gasteiger partial charge in [0.05, 0.1) is 6.61 Å². The third-order valence-corrected chi connectivity index (χ3v) is 3.92. The predicted molar refractivity (Wildman–Crippen MR) is 96.4 cm³/mol. The minimum Gasteiger partial charge on any atom is -0.493 e. The number of hydrogen-bond acceptors (Lipinski definition) is 5. The van der Waals surface area contributed by atoms with E-state index in [1.165, 1.54) is 0 Å². The van der Waals surface area contributed by atoms with Crippen molar-refractivity contribution in [2.24, 2.45) is 0 Å². The second-order valence-corrected chi connectivity index (χ2v) is 5.85. The van der Waals surface area contributed by atoms with Crippen LogP contribution in [0.1, 0.15) is 37.3 Å². The Kier molecular flexibility index (Phi) is 6.05. The van der Waals surface area contributed by atoms with Crippen molar-refractivity contribution in [2.45, 2.75) is 26.2 Å². The van der Waals surface area contributed by atoms with Crippen LogP contribution in [0.2, 0.25) is 5.02 Å². The second-order valence-electron chi connectivity index (χ2n) is 5.41. The number of ether oxygens (including phenoxy) is 1. The lowest BCUT2D eigenvalue weighted by Gasteiger charge is -2.15. The summed E-state index contributed by atoms with van der Waals surface area (Å²) in [5, 5.41) is 19.2. The summed E-state index contributed by atoms with van der Waals surface area (Å²) < 4.78 is 5.80. The predicted octanol–water partition coefficient (Wildman–Crippen LogP) is 3.59. The van der Waals surface area contributed by atoms with Crippen LogP contribution in [-0.2, 0) is 0 Å². The number of aromatic amines is 1. The van der Waals surface area contributed by atoms with E-state index >= 15 is 0 Å². The van der Waals surface area contributed by atoms with Gasteiger partial charge in [-0.2, -0.15) is 10.5 Å². The van der Waals surface area contributed by atoms with Crippen LogP contribution in [0.4, 0.5) is 5.82 Å². The van der Waals surface area contributed by atoms with Gasteiger partial charge >= 0.3 is 0 Å². The molecule has 0 aliphatic carbocycles. The number of nitrogens with one attached hydrogen (secondary N) is 1. The van der Waals surface area contributed by atoms with Crippen molar-refractivity contribution >= 4 is 17.4 Å². The number of nitrogens with zero attached hydrogens (tertiary/aromatic N) is 2. The van der Waals surface area contributed by atoms with Gasteiger partial charge in [-0.1, -0.05) is 31.4 Å². The van der Waals surface area contributed by atoms with Gasteiger partial charge in [-0.25, -0.2) is 0 Å². The van der Waals surface area contributed by atoms with Gasteiger partial charge < -0.3 is 15.5 Å². The Labute approximate surface area is 150 Å². The van der Waals surface area contributed by atoms with Crippen LogP contribution in [0.3, 0.4) is 0 Å². The molecule has 3 N–H and O–H groups in total. The topological polar surface area (TPSA) is 116 Å². The quantitative estimate of drug-likeness (QED) is 0.767. The summed E-state index contributed by atoms with van der Waals surface area (Å²) >= 11 is 6.08. The Bertz CT molecular complexity index is 922. The van der Waals surface area contributed by atoms with Crippen molar-refractivity contribution in [3.63, 3.8) is 0 Å². The van der Waals surface area contributed by atoms with E-state index in [0.717, 1.165) is 19.3 Å². The maximum Gasteiger partial charge on any atom is 0.268 e. The molecule has 7 heteroatoms. The summed E-state index contributed by atoms with van der Waals surface area (Å²) in [6.07, 6.45) is 2.94. The van der Waals surface area contributed by atoms with Gasteiger partial charge in [0.1, 0.15) is 34.8 Å². The minimum absolute atomic E-state index is 0.0109. The van der Waals surface area contributed by atoms with Crippen LogP contribution in [0.25, 0.3) is 11.1 Å². The minimum atomic E-state index is -0.661. The average Bonchev–Trinajstić information content (AvgIpc) is 2.59. The number of rotatable bonds is 6. The Hall–Kier alpha value is -2.96. The molecule has 2 rings (SSSR count). The van der Waals surface area contributed by atoms with Crippen molar-refractivity contribution < 1.29 is 4.74 Å². The van der Waals surface area contributed by atoms with E-state index in [1.54, 1.807) is 18.2 Å². The number of hydrogen-bond donors (Lipinski definition) is 2. The summed E-state index contributed by atoms with van der Waals surface area (Å²) in [6.45, 7) is 2.57. The molecule has 0 bridgehead atoms. The van der Waals surface area contributed by atoms with Crippen LogP contribution < -0.4 is 16.0 Å². The van der Waals surface area contributed by atoms with E-state index in [0.29, 0.717) is 22.9 Å². The zero-order valence-corrected chi connectivity index (χ0v) is 14.5. The lowest BCUT2D eigenvalue weighted by atomic mass is 9.96. The van der Waals surface area contributed by atoms with E-state index in [9.17, 15) is 15.3 Å². The van der Waals surface area contributed by atoms with E-state index in [1.807, 2.05) is 12.1 Å². The number of aromatic nitrogens is 1. The van der Waals surface area contributed by atoms with Gasteiger partial charge in [-0.15, -0.1) is 0 Å². The third kappa shape index (κ3) is 3.93. The third-order valence-electron chi connectivity index (χ3n) is 3.68. The number of nitriles is 2. The van der Waals surface area contributed by atoms with Crippen molar-refractivity contribution in [3.8, 4) is 29.0 Å². The fourth-order valence-electron chi connectivity index (χ4n) is 2.47. The molecule has 1 aromatic carbocycles. The number of unbranched alkanes of at least 4 members (excludes halogenated alkanes) is 2. The molecule has 0 spiro atoms. The Morgan fingerprint density at radius 1 is 1.24 bits per heavy atom. The van der Waals surface area contributed by atoms with Crippen molar-refractivity contribution in [1.82, 2.24) is 4.98 Å². The van der Waals surface area contributed by atoms with Gasteiger partial charge in [0.15, 0.2) is 0 Å². The highest BCUT2D eigenvalue weighted by molar-refractivity contribution is 6.31. The Balaban J connectivity index is 2.66. The van der Waals surface area contributed by atoms with Gasteiger partial charge in [0, 0.05) is 16.1 Å². The molecular weight excluding hydrogens is 340 g/mol. The highest BCUT2D eigenvalue weighted by atomic mass is 35.5. The van der Waals surface area contributed by atoms with Crippen molar-refractivity contribution in [3.05, 3.63) is 44.7 Å². The molecule has 0 unspecified atom stereocenters. The largest absolute Gasteiger partial charge is 0.493 e. The summed E-state index contributed by atoms with van der Waals surface area (Å²) in [6, 6.07) is 8.65. The molecule has 6 nitrogen and oxygen atoms in total. The molecule has 0 saturated heterocycles. The van der Waals surface area contributed by atoms with E-state index in [-0.39, 0.29) is 22.5 Å². The maximum atomic E-state index is 12.1. The summed E-state index contributed by atoms with van der Waals surface area (Å²) in [4.78, 5) is 14.4. The van der Waals surface area contributed by atoms with Crippen LogP contribution in [0, 0.1) is 22.7 Å². The van der Waals surface area contributed by atoms with E-state index in [2.05, 4.69) is 11.9 Å². The van der Waals surface area contributed by atoms with E-state index in [4.69, 9.17) is 22.1 Å². The molecule has 128 valence electrons. The number of anilines is 1. The number of pyridine rings is 1. The number of H-pyrrole nitrogens is 1. The fraction of sp³-hybridized carbons (Fsp3) is 0.278. The molecule has 0 radical (unpaired) electrons. The summed E-state index contributed by atoms with van der Waals surface area (Å²) in [5.41, 5.74) is 5.44. The highest BCUT2D eigenvalue weighted by Crippen LogP contribution is 2.37. The van der Waals surface area contributed by atoms with Crippen LogP contribution >= 0.6 is 11.6 Å². The lowest BCUT2D eigenvalue weighted by Crippen LogP contribution is -2.16.